The van der Waals surface area contributed by atoms with Crippen LogP contribution in [0.25, 0.3) is 0 Å². The van der Waals surface area contributed by atoms with Crippen molar-refractivity contribution < 1.29 is 12.6 Å². The van der Waals surface area contributed by atoms with Gasteiger partial charge in [-0.15, -0.1) is 0 Å². The van der Waals surface area contributed by atoms with Crippen molar-refractivity contribution in [1.29, 1.82) is 0 Å². The van der Waals surface area contributed by atoms with Gasteiger partial charge in [0, 0.05) is 12.6 Å². The maximum Gasteiger partial charge on any atom is 0.264 e. The van der Waals surface area contributed by atoms with Gasteiger partial charge >= 0.3 is 0 Å². The molecule has 0 spiro atoms. The molecule has 4 nitrogen and oxygen atoms in total. The van der Waals surface area contributed by atoms with E-state index >= 15 is 0 Å². The Morgan fingerprint density at radius 2 is 2.08 bits per heavy atom. The summed E-state index contributed by atoms with van der Waals surface area (Å²) >= 11 is 0. The van der Waals surface area contributed by atoms with E-state index in [-0.39, 0.29) is 6.10 Å². The van der Waals surface area contributed by atoms with E-state index in [0.29, 0.717) is 6.04 Å². The number of hydrogen-bond acceptors (Lipinski definition) is 4. The van der Waals surface area contributed by atoms with E-state index < -0.39 is 10.1 Å². The van der Waals surface area contributed by atoms with Gasteiger partial charge in [0.1, 0.15) is 0 Å². The van der Waals surface area contributed by atoms with Crippen LogP contribution in [-0.4, -0.2) is 44.8 Å². The molecule has 13 heavy (non-hydrogen) atoms. The van der Waals surface area contributed by atoms with Crippen LogP contribution in [0.3, 0.4) is 0 Å². The Kier molecular flexibility index (Phi) is 2.33. The highest BCUT2D eigenvalue weighted by Crippen LogP contribution is 2.30. The molecule has 2 saturated heterocycles. The highest BCUT2D eigenvalue weighted by atomic mass is 32.2. The Morgan fingerprint density at radius 3 is 2.77 bits per heavy atom. The van der Waals surface area contributed by atoms with E-state index in [4.69, 9.17) is 4.18 Å². The highest BCUT2D eigenvalue weighted by molar-refractivity contribution is 7.86. The number of fused-ring (bicyclic) bond motifs is 1. The molecule has 2 rings (SSSR count). The lowest BCUT2D eigenvalue weighted by Crippen LogP contribution is -2.31. The fourth-order valence-corrected chi connectivity index (χ4v) is 3.05. The first kappa shape index (κ1) is 9.43. The zero-order valence-corrected chi connectivity index (χ0v) is 8.59. The summed E-state index contributed by atoms with van der Waals surface area (Å²) in [5.74, 6) is 0. The van der Waals surface area contributed by atoms with Gasteiger partial charge in [0.15, 0.2) is 0 Å². The molecule has 5 heteroatoms. The molecule has 76 valence electrons. The lowest BCUT2D eigenvalue weighted by Gasteiger charge is -2.18. The molecule has 0 aromatic rings. The molecule has 0 bridgehead atoms. The SMILES string of the molecule is CS(=O)(=O)O[C@H]1CCN2CCC[C@H]12. The van der Waals surface area contributed by atoms with Gasteiger partial charge in [-0.2, -0.15) is 8.42 Å². The average Bonchev–Trinajstić information content (AvgIpc) is 2.50. The van der Waals surface area contributed by atoms with Gasteiger partial charge < -0.3 is 0 Å². The molecular formula is C8H15NO3S. The molecule has 0 saturated carbocycles. The van der Waals surface area contributed by atoms with Crippen LogP contribution >= 0.6 is 0 Å². The predicted molar refractivity (Wildman–Crippen MR) is 48.9 cm³/mol. The van der Waals surface area contributed by atoms with E-state index in [9.17, 15) is 8.42 Å². The van der Waals surface area contributed by atoms with Crippen LogP contribution in [0.15, 0.2) is 0 Å². The Morgan fingerprint density at radius 1 is 1.31 bits per heavy atom. The molecule has 2 aliphatic heterocycles. The van der Waals surface area contributed by atoms with Crippen LogP contribution in [0.2, 0.25) is 0 Å². The van der Waals surface area contributed by atoms with E-state index in [0.717, 1.165) is 32.2 Å². The summed E-state index contributed by atoms with van der Waals surface area (Å²) in [5.41, 5.74) is 0. The maximum atomic E-state index is 10.9. The Hall–Kier alpha value is -0.130. The first-order valence-electron chi connectivity index (χ1n) is 4.68. The van der Waals surface area contributed by atoms with Crippen molar-refractivity contribution in [1.82, 2.24) is 4.90 Å². The quantitative estimate of drug-likeness (QED) is 0.604. The van der Waals surface area contributed by atoms with Crippen molar-refractivity contribution in [3.63, 3.8) is 0 Å². The smallest absolute Gasteiger partial charge is 0.264 e. The normalized spacial score (nSPS) is 35.2. The lowest BCUT2D eigenvalue weighted by molar-refractivity contribution is 0.167. The van der Waals surface area contributed by atoms with Gasteiger partial charge in [-0.1, -0.05) is 0 Å². The van der Waals surface area contributed by atoms with Crippen LogP contribution in [-0.2, 0) is 14.3 Å². The molecule has 2 aliphatic rings. The molecule has 0 N–H and O–H groups in total. The van der Waals surface area contributed by atoms with E-state index in [1.165, 1.54) is 6.42 Å². The third-order valence-electron chi connectivity index (χ3n) is 2.84. The fourth-order valence-electron chi connectivity index (χ4n) is 2.37. The van der Waals surface area contributed by atoms with Gasteiger partial charge in [0.05, 0.1) is 12.4 Å². The number of nitrogens with zero attached hydrogens (tertiary/aromatic N) is 1. The highest BCUT2D eigenvalue weighted by Gasteiger charge is 2.39. The van der Waals surface area contributed by atoms with Crippen molar-refractivity contribution in [2.24, 2.45) is 0 Å². The summed E-state index contributed by atoms with van der Waals surface area (Å²) < 4.78 is 26.9. The van der Waals surface area contributed by atoms with Crippen molar-refractivity contribution >= 4 is 10.1 Å². The molecule has 0 radical (unpaired) electrons. The Bertz CT molecular complexity index is 288. The zero-order valence-electron chi connectivity index (χ0n) is 7.77. The van der Waals surface area contributed by atoms with E-state index in [1.54, 1.807) is 0 Å². The first-order valence-corrected chi connectivity index (χ1v) is 6.50. The van der Waals surface area contributed by atoms with Gasteiger partial charge in [-0.05, 0) is 25.8 Å². The van der Waals surface area contributed by atoms with Gasteiger partial charge in [-0.25, -0.2) is 0 Å². The summed E-state index contributed by atoms with van der Waals surface area (Å²) in [7, 11) is -3.27. The fraction of sp³-hybridized carbons (Fsp3) is 1.00. The summed E-state index contributed by atoms with van der Waals surface area (Å²) in [5, 5.41) is 0. The molecule has 0 aromatic carbocycles. The third-order valence-corrected chi connectivity index (χ3v) is 3.44. The van der Waals surface area contributed by atoms with Crippen LogP contribution in [0.5, 0.6) is 0 Å². The zero-order chi connectivity index (χ0) is 9.47. The summed E-state index contributed by atoms with van der Waals surface area (Å²) in [4.78, 5) is 2.33. The molecule has 0 unspecified atom stereocenters. The number of rotatable bonds is 2. The molecule has 0 amide bonds. The minimum Gasteiger partial charge on any atom is -0.298 e. The van der Waals surface area contributed by atoms with Crippen LogP contribution in [0.1, 0.15) is 19.3 Å². The minimum absolute atomic E-state index is 0.0856. The minimum atomic E-state index is -3.27. The van der Waals surface area contributed by atoms with E-state index in [2.05, 4.69) is 4.90 Å². The summed E-state index contributed by atoms with van der Waals surface area (Å²) in [6, 6.07) is 0.356. The van der Waals surface area contributed by atoms with Crippen molar-refractivity contribution in [3.8, 4) is 0 Å². The van der Waals surface area contributed by atoms with Crippen LogP contribution < -0.4 is 0 Å². The Labute approximate surface area is 79.0 Å². The Balaban J connectivity index is 2.01. The second kappa shape index (κ2) is 3.22. The van der Waals surface area contributed by atoms with Crippen molar-refractivity contribution in [2.45, 2.75) is 31.4 Å². The predicted octanol–water partition coefficient (Wildman–Crippen LogP) is 0.199. The third kappa shape index (κ3) is 2.03. The second-order valence-corrected chi connectivity index (χ2v) is 5.47. The molecular weight excluding hydrogens is 190 g/mol. The topological polar surface area (TPSA) is 46.6 Å². The van der Waals surface area contributed by atoms with Gasteiger partial charge in [0.25, 0.3) is 10.1 Å². The molecule has 2 atom stereocenters. The van der Waals surface area contributed by atoms with Crippen molar-refractivity contribution in [2.75, 3.05) is 19.3 Å². The molecule has 2 fully saturated rings. The van der Waals surface area contributed by atoms with E-state index in [1.807, 2.05) is 0 Å². The van der Waals surface area contributed by atoms with Crippen molar-refractivity contribution in [3.05, 3.63) is 0 Å². The molecule has 0 aromatic heterocycles. The van der Waals surface area contributed by atoms with Crippen LogP contribution in [0, 0.1) is 0 Å². The molecule has 0 aliphatic carbocycles. The standard InChI is InChI=1S/C8H15NO3S/c1-13(10,11)12-8-4-6-9-5-2-3-7(8)9/h7-8H,2-6H2,1H3/t7-,8+/m1/s1. The first-order chi connectivity index (χ1) is 6.06. The van der Waals surface area contributed by atoms with Crippen LogP contribution in [0.4, 0.5) is 0 Å². The monoisotopic (exact) mass is 205 g/mol. The largest absolute Gasteiger partial charge is 0.298 e. The average molecular weight is 205 g/mol. The lowest BCUT2D eigenvalue weighted by atomic mass is 10.1. The second-order valence-electron chi connectivity index (χ2n) is 3.87. The van der Waals surface area contributed by atoms with Gasteiger partial charge in [-0.3, -0.25) is 9.08 Å². The van der Waals surface area contributed by atoms with Gasteiger partial charge in [0.2, 0.25) is 0 Å². The number of hydrogen-bond donors (Lipinski definition) is 0. The maximum absolute atomic E-state index is 10.9. The summed E-state index contributed by atoms with van der Waals surface area (Å²) in [6.45, 7) is 2.10. The molecule has 2 heterocycles. The summed E-state index contributed by atoms with van der Waals surface area (Å²) in [6.07, 6.45) is 4.16.